The largest absolute Gasteiger partial charge is 0.306 e. The first kappa shape index (κ1) is 28.6. The topological polar surface area (TPSA) is 16.1 Å². The summed E-state index contributed by atoms with van der Waals surface area (Å²) in [4.78, 5) is 6.82. The molecule has 0 radical (unpaired) electrons. The van der Waals surface area contributed by atoms with Crippen LogP contribution in [0.4, 0.5) is 0 Å². The molecule has 0 N–H and O–H groups in total. The van der Waals surface area contributed by atoms with E-state index in [1.54, 1.807) is 10.8 Å². The summed E-state index contributed by atoms with van der Waals surface area (Å²) < 4.78 is 0. The van der Waals surface area contributed by atoms with Crippen molar-refractivity contribution in [2.24, 2.45) is 0 Å². The van der Waals surface area contributed by atoms with Crippen molar-refractivity contribution < 1.29 is 0 Å². The Morgan fingerprint density at radius 3 is 2.00 bits per heavy atom. The summed E-state index contributed by atoms with van der Waals surface area (Å²) >= 11 is 0. The molecule has 0 atom stereocenters. The van der Waals surface area contributed by atoms with Crippen molar-refractivity contribution in [2.45, 2.75) is 108 Å². The lowest BCUT2D eigenvalue weighted by atomic mass is 10.1. The second kappa shape index (κ2) is 22.7. The molecular weight excluding hydrogens is 416 g/mol. The van der Waals surface area contributed by atoms with Crippen molar-refractivity contribution in [3.05, 3.63) is 36.5 Å². The van der Waals surface area contributed by atoms with Crippen LogP contribution in [0.3, 0.4) is 0 Å². The van der Waals surface area contributed by atoms with Gasteiger partial charge in [-0.3, -0.25) is 0 Å². The highest BCUT2D eigenvalue weighted by Crippen LogP contribution is 2.28. The van der Waals surface area contributed by atoms with Crippen LogP contribution in [0.2, 0.25) is 0 Å². The quantitative estimate of drug-likeness (QED) is 0.0965. The van der Waals surface area contributed by atoms with Gasteiger partial charge in [-0.05, 0) is 68.6 Å². The number of pyridine rings is 1. The number of rotatable bonds is 22. The molecule has 0 spiro atoms. The third-order valence-corrected chi connectivity index (χ3v) is 7.89. The van der Waals surface area contributed by atoms with Gasteiger partial charge in [0.25, 0.3) is 0 Å². The van der Waals surface area contributed by atoms with E-state index in [4.69, 9.17) is 0 Å². The maximum Gasteiger partial charge on any atom is 0.106 e. The van der Waals surface area contributed by atoms with E-state index in [1.807, 2.05) is 23.1 Å². The summed E-state index contributed by atoms with van der Waals surface area (Å²) in [6, 6.07) is 6.10. The third-order valence-electron chi connectivity index (χ3n) is 5.64. The van der Waals surface area contributed by atoms with Crippen molar-refractivity contribution in [1.82, 2.24) is 9.88 Å². The fourth-order valence-corrected chi connectivity index (χ4v) is 5.57. The van der Waals surface area contributed by atoms with Crippen LogP contribution in [-0.2, 0) is 0 Å². The summed E-state index contributed by atoms with van der Waals surface area (Å²) in [7, 11) is 5.95. The first-order valence-electron chi connectivity index (χ1n) is 12.9. The van der Waals surface area contributed by atoms with Gasteiger partial charge in [0.05, 0.1) is 0 Å². The van der Waals surface area contributed by atoms with Crippen LogP contribution in [0.25, 0.3) is 0 Å². The van der Waals surface area contributed by atoms with Crippen LogP contribution in [0.1, 0.15) is 103 Å². The molecular formula is C27H48N2S2. The standard InChI is InChI=1S/C27H48N2S2/c1-3-4-5-6-7-8-9-10-11-12-13-14-15-16-17-18-21-24-29(2)25-26-30-31-27-22-19-20-23-28-27/h10-11,19-20,22-23H,3-9,12-18,21,24-26H2,1-2H3/b11-10-. The van der Waals surface area contributed by atoms with Crippen LogP contribution in [0.5, 0.6) is 0 Å². The van der Waals surface area contributed by atoms with Crippen LogP contribution < -0.4 is 0 Å². The zero-order valence-corrected chi connectivity index (χ0v) is 22.0. The van der Waals surface area contributed by atoms with Gasteiger partial charge in [0.15, 0.2) is 0 Å². The summed E-state index contributed by atoms with van der Waals surface area (Å²) in [5, 5.41) is 1.11. The molecule has 0 saturated carbocycles. The van der Waals surface area contributed by atoms with Crippen molar-refractivity contribution >= 4 is 21.6 Å². The average molecular weight is 465 g/mol. The second-order valence-corrected chi connectivity index (χ2v) is 11.1. The summed E-state index contributed by atoms with van der Waals surface area (Å²) in [5.74, 6) is 1.16. The molecule has 31 heavy (non-hydrogen) atoms. The molecule has 0 unspecified atom stereocenters. The lowest BCUT2D eigenvalue weighted by molar-refractivity contribution is 0.343. The predicted molar refractivity (Wildman–Crippen MR) is 144 cm³/mol. The smallest absolute Gasteiger partial charge is 0.106 e. The SMILES string of the molecule is CCCCCCCC/C=C\CCCCCCCCCN(C)CCSSc1ccccn1. The molecule has 0 aliphatic carbocycles. The minimum absolute atomic E-state index is 1.11. The van der Waals surface area contributed by atoms with E-state index in [2.05, 4.69) is 48.1 Å². The molecule has 0 aliphatic rings. The van der Waals surface area contributed by atoms with E-state index in [-0.39, 0.29) is 0 Å². The van der Waals surface area contributed by atoms with E-state index >= 15 is 0 Å². The van der Waals surface area contributed by atoms with E-state index in [9.17, 15) is 0 Å². The molecule has 0 aliphatic heterocycles. The predicted octanol–water partition coefficient (Wildman–Crippen LogP) is 9.18. The normalized spacial score (nSPS) is 11.7. The van der Waals surface area contributed by atoms with Crippen LogP contribution >= 0.6 is 21.6 Å². The molecule has 0 bridgehead atoms. The number of hydrogen-bond acceptors (Lipinski definition) is 4. The molecule has 0 amide bonds. The van der Waals surface area contributed by atoms with Gasteiger partial charge in [-0.2, -0.15) is 0 Å². The van der Waals surface area contributed by atoms with Gasteiger partial charge < -0.3 is 4.90 Å². The first-order valence-corrected chi connectivity index (χ1v) is 15.2. The van der Waals surface area contributed by atoms with E-state index in [0.717, 1.165) is 17.3 Å². The fourth-order valence-electron chi connectivity index (χ4n) is 3.61. The molecule has 0 saturated heterocycles. The number of aromatic nitrogens is 1. The van der Waals surface area contributed by atoms with Gasteiger partial charge in [0.2, 0.25) is 0 Å². The Hall–Kier alpha value is -0.450. The number of nitrogens with zero attached hydrogens (tertiary/aromatic N) is 2. The lowest BCUT2D eigenvalue weighted by Crippen LogP contribution is -2.22. The molecule has 1 heterocycles. The van der Waals surface area contributed by atoms with Gasteiger partial charge in [0.1, 0.15) is 5.03 Å². The van der Waals surface area contributed by atoms with Crippen molar-refractivity contribution in [3.63, 3.8) is 0 Å². The van der Waals surface area contributed by atoms with E-state index in [1.165, 1.54) is 103 Å². The summed E-state index contributed by atoms with van der Waals surface area (Å²) in [5.41, 5.74) is 0. The minimum atomic E-state index is 1.11. The molecule has 2 nitrogen and oxygen atoms in total. The molecule has 178 valence electrons. The molecule has 1 aromatic heterocycles. The summed E-state index contributed by atoms with van der Waals surface area (Å²) in [6.07, 6.45) is 27.5. The van der Waals surface area contributed by atoms with E-state index < -0.39 is 0 Å². The fraction of sp³-hybridized carbons (Fsp3) is 0.741. The van der Waals surface area contributed by atoms with Gasteiger partial charge >= 0.3 is 0 Å². The first-order chi connectivity index (χ1) is 15.3. The Bertz CT molecular complexity index is 507. The van der Waals surface area contributed by atoms with Crippen molar-refractivity contribution in [3.8, 4) is 0 Å². The Labute approximate surface area is 201 Å². The second-order valence-electron chi connectivity index (χ2n) is 8.67. The van der Waals surface area contributed by atoms with E-state index in [0.29, 0.717) is 0 Å². The van der Waals surface area contributed by atoms with Gasteiger partial charge in [-0.15, -0.1) is 0 Å². The molecule has 1 rings (SSSR count). The number of hydrogen-bond donors (Lipinski definition) is 0. The van der Waals surface area contributed by atoms with Gasteiger partial charge in [0, 0.05) is 18.5 Å². The molecule has 4 heteroatoms. The van der Waals surface area contributed by atoms with Gasteiger partial charge in [-0.1, -0.05) is 100 Å². The highest BCUT2D eigenvalue weighted by molar-refractivity contribution is 8.76. The maximum absolute atomic E-state index is 4.35. The lowest BCUT2D eigenvalue weighted by Gasteiger charge is -2.15. The highest BCUT2D eigenvalue weighted by atomic mass is 33.1. The average Bonchev–Trinajstić information content (AvgIpc) is 2.79. The Morgan fingerprint density at radius 2 is 1.39 bits per heavy atom. The molecule has 0 aromatic carbocycles. The zero-order chi connectivity index (χ0) is 22.2. The van der Waals surface area contributed by atoms with Crippen molar-refractivity contribution in [1.29, 1.82) is 0 Å². The molecule has 0 fully saturated rings. The maximum atomic E-state index is 4.35. The highest BCUT2D eigenvalue weighted by Gasteiger charge is 2.00. The minimum Gasteiger partial charge on any atom is -0.306 e. The third kappa shape index (κ3) is 19.9. The molecule has 1 aromatic rings. The Balaban J connectivity index is 1.76. The number of unbranched alkanes of at least 4 members (excludes halogenated alkanes) is 13. The van der Waals surface area contributed by atoms with Gasteiger partial charge in [-0.25, -0.2) is 4.98 Å². The summed E-state index contributed by atoms with van der Waals surface area (Å²) in [6.45, 7) is 4.69. The van der Waals surface area contributed by atoms with Crippen LogP contribution in [-0.4, -0.2) is 35.8 Å². The van der Waals surface area contributed by atoms with Crippen LogP contribution in [0.15, 0.2) is 41.6 Å². The van der Waals surface area contributed by atoms with Crippen molar-refractivity contribution in [2.75, 3.05) is 25.9 Å². The Morgan fingerprint density at radius 1 is 0.774 bits per heavy atom. The van der Waals surface area contributed by atoms with Crippen LogP contribution in [0, 0.1) is 0 Å². The monoisotopic (exact) mass is 464 g/mol. The zero-order valence-electron chi connectivity index (χ0n) is 20.4. The number of allylic oxidation sites excluding steroid dienone is 2. The Kier molecular flexibility index (Phi) is 21.0.